The molecule has 0 aliphatic carbocycles. The molecular weight excluding hydrogens is 471 g/mol. The number of alkyl halides is 3. The first-order valence-electron chi connectivity index (χ1n) is 9.98. The number of carbonyl (C=O) groups excluding carboxylic acids is 1. The highest BCUT2D eigenvalue weighted by Gasteiger charge is 2.30. The highest BCUT2D eigenvalue weighted by molar-refractivity contribution is 6.30. The number of aliphatic hydroxyl groups excluding tert-OH is 1. The Kier molecular flexibility index (Phi) is 6.41. The van der Waals surface area contributed by atoms with Gasteiger partial charge in [0.2, 0.25) is 5.55 Å². The van der Waals surface area contributed by atoms with Crippen LogP contribution in [-0.4, -0.2) is 16.0 Å². The Morgan fingerprint density at radius 3 is 2.65 bits per heavy atom. The van der Waals surface area contributed by atoms with Crippen molar-refractivity contribution >= 4 is 39.9 Å². The van der Waals surface area contributed by atoms with E-state index < -0.39 is 17.6 Å². The lowest BCUT2D eigenvalue weighted by molar-refractivity contribution is -0.137. The number of nitrogens with one attached hydrogen (secondary N) is 1. The summed E-state index contributed by atoms with van der Waals surface area (Å²) in [4.78, 5) is 21.7. The molecule has 0 aliphatic rings. The predicted molar refractivity (Wildman–Crippen MR) is 121 cm³/mol. The third-order valence-electron chi connectivity index (χ3n) is 4.95. The number of nitrogens with zero attached hydrogens (tertiary/aromatic N) is 2. The van der Waals surface area contributed by atoms with Crippen molar-refractivity contribution in [1.82, 2.24) is 4.98 Å². The second-order valence-corrected chi connectivity index (χ2v) is 7.80. The Labute approximate surface area is 196 Å². The van der Waals surface area contributed by atoms with Gasteiger partial charge in [0.05, 0.1) is 23.6 Å². The molecule has 0 aliphatic heterocycles. The van der Waals surface area contributed by atoms with E-state index in [-0.39, 0.29) is 23.4 Å². The van der Waals surface area contributed by atoms with Crippen molar-refractivity contribution in [1.29, 1.82) is 0 Å². The molecule has 0 spiro atoms. The van der Waals surface area contributed by atoms with Gasteiger partial charge in [-0.15, -0.1) is 0 Å². The number of pyridine rings is 1. The number of aryl methyl sites for hydroxylation is 1. The first-order valence-corrected chi connectivity index (χ1v) is 10.4. The van der Waals surface area contributed by atoms with Gasteiger partial charge < -0.3 is 14.8 Å². The summed E-state index contributed by atoms with van der Waals surface area (Å²) in [6.45, 7) is 1.33. The third-order valence-corrected chi connectivity index (χ3v) is 5.19. The molecule has 174 valence electrons. The number of hydrogen-bond donors (Lipinski definition) is 2. The number of aliphatic hydroxyl groups is 1. The van der Waals surface area contributed by atoms with Crippen LogP contribution in [0.1, 0.15) is 27.2 Å². The number of fused-ring (bicyclic) bond motifs is 1. The molecule has 0 saturated carbocycles. The van der Waals surface area contributed by atoms with Crippen LogP contribution in [-0.2, 0) is 12.8 Å². The van der Waals surface area contributed by atoms with Gasteiger partial charge >= 0.3 is 6.18 Å². The molecular formula is C24H17ClF3N3O3. The van der Waals surface area contributed by atoms with E-state index in [1.165, 1.54) is 24.4 Å². The Morgan fingerprint density at radius 2 is 1.94 bits per heavy atom. The largest absolute Gasteiger partial charge is 0.436 e. The number of aromatic nitrogens is 1. The Balaban J connectivity index is 1.88. The number of benzene rings is 2. The summed E-state index contributed by atoms with van der Waals surface area (Å²) in [5.41, 5.74) is 0.509. The second kappa shape index (κ2) is 9.28. The van der Waals surface area contributed by atoms with E-state index in [0.717, 1.165) is 12.1 Å². The van der Waals surface area contributed by atoms with E-state index in [0.29, 0.717) is 32.9 Å². The summed E-state index contributed by atoms with van der Waals surface area (Å²) in [5.74, 6) is -0.746. The SMILES string of the molecule is Cc1ncc(CO)c2cc(C(=O)Nc3cccc(C(F)(F)F)c3)c(=Nc3cccc(Cl)c3)oc12. The number of carbonyl (C=O) groups is 1. The minimum absolute atomic E-state index is 0.0508. The fourth-order valence-corrected chi connectivity index (χ4v) is 3.48. The zero-order chi connectivity index (χ0) is 24.5. The van der Waals surface area contributed by atoms with E-state index >= 15 is 0 Å². The lowest BCUT2D eigenvalue weighted by Crippen LogP contribution is -2.22. The van der Waals surface area contributed by atoms with Crippen molar-refractivity contribution < 1.29 is 27.5 Å². The molecule has 10 heteroatoms. The molecule has 4 rings (SSSR count). The normalized spacial score (nSPS) is 12.2. The van der Waals surface area contributed by atoms with Gasteiger partial charge in [-0.05, 0) is 49.4 Å². The van der Waals surface area contributed by atoms with Crippen LogP contribution in [0.2, 0.25) is 5.02 Å². The molecule has 0 atom stereocenters. The van der Waals surface area contributed by atoms with Crippen molar-refractivity contribution in [3.63, 3.8) is 0 Å². The summed E-state index contributed by atoms with van der Waals surface area (Å²) >= 11 is 6.03. The molecule has 2 aromatic heterocycles. The highest BCUT2D eigenvalue weighted by Crippen LogP contribution is 2.31. The van der Waals surface area contributed by atoms with Crippen molar-refractivity contribution in [3.8, 4) is 0 Å². The first-order chi connectivity index (χ1) is 16.2. The minimum atomic E-state index is -4.56. The Hall–Kier alpha value is -3.69. The lowest BCUT2D eigenvalue weighted by atomic mass is 10.1. The number of rotatable bonds is 4. The third kappa shape index (κ3) is 4.95. The average molecular weight is 488 g/mol. The maximum Gasteiger partial charge on any atom is 0.416 e. The number of amides is 1. The van der Waals surface area contributed by atoms with Crippen LogP contribution in [0.15, 0.2) is 70.2 Å². The first kappa shape index (κ1) is 23.5. The number of hydrogen-bond acceptors (Lipinski definition) is 5. The second-order valence-electron chi connectivity index (χ2n) is 7.36. The summed E-state index contributed by atoms with van der Waals surface area (Å²) in [7, 11) is 0. The van der Waals surface area contributed by atoms with Crippen LogP contribution >= 0.6 is 11.6 Å². The molecule has 0 fully saturated rings. The zero-order valence-corrected chi connectivity index (χ0v) is 18.4. The summed E-state index contributed by atoms with van der Waals surface area (Å²) in [6.07, 6.45) is -3.11. The maximum absolute atomic E-state index is 13.2. The van der Waals surface area contributed by atoms with E-state index in [4.69, 9.17) is 16.0 Å². The van der Waals surface area contributed by atoms with Gasteiger partial charge in [-0.3, -0.25) is 9.78 Å². The van der Waals surface area contributed by atoms with Crippen molar-refractivity contribution in [2.45, 2.75) is 19.7 Å². The van der Waals surface area contributed by atoms with Crippen LogP contribution in [0.4, 0.5) is 24.5 Å². The molecule has 4 aromatic rings. The van der Waals surface area contributed by atoms with E-state index in [2.05, 4.69) is 15.3 Å². The average Bonchev–Trinajstić information content (AvgIpc) is 2.79. The maximum atomic E-state index is 13.2. The number of anilines is 1. The van der Waals surface area contributed by atoms with E-state index in [1.54, 1.807) is 31.2 Å². The van der Waals surface area contributed by atoms with Crippen molar-refractivity contribution in [3.05, 3.63) is 93.8 Å². The van der Waals surface area contributed by atoms with Gasteiger partial charge in [-0.1, -0.05) is 23.7 Å². The fraction of sp³-hybridized carbons (Fsp3) is 0.125. The monoisotopic (exact) mass is 487 g/mol. The van der Waals surface area contributed by atoms with E-state index in [9.17, 15) is 23.1 Å². The molecule has 0 radical (unpaired) electrons. The quantitative estimate of drug-likeness (QED) is 0.381. The molecule has 0 bridgehead atoms. The van der Waals surface area contributed by atoms with Gasteiger partial charge in [0.15, 0.2) is 5.58 Å². The Bertz CT molecular complexity index is 1470. The molecule has 6 nitrogen and oxygen atoms in total. The molecule has 0 saturated heterocycles. The lowest BCUT2D eigenvalue weighted by Gasteiger charge is -2.11. The minimum Gasteiger partial charge on any atom is -0.436 e. The molecule has 2 aromatic carbocycles. The van der Waals surface area contributed by atoms with Gasteiger partial charge in [-0.2, -0.15) is 13.2 Å². The van der Waals surface area contributed by atoms with Crippen LogP contribution in [0, 0.1) is 6.92 Å². The number of halogens is 4. The summed E-state index contributed by atoms with van der Waals surface area (Å²) < 4.78 is 45.2. The van der Waals surface area contributed by atoms with Crippen LogP contribution < -0.4 is 10.9 Å². The van der Waals surface area contributed by atoms with Gasteiger partial charge in [-0.25, -0.2) is 4.99 Å². The predicted octanol–water partition coefficient (Wildman–Crippen LogP) is 5.79. The molecule has 0 unspecified atom stereocenters. The Morgan fingerprint density at radius 1 is 1.18 bits per heavy atom. The van der Waals surface area contributed by atoms with Gasteiger partial charge in [0.25, 0.3) is 5.91 Å². The standard InChI is InChI=1S/C24H17ClF3N3O3/c1-13-21-19(14(12-32)11-29-13)10-20(23(34-21)31-18-7-3-5-16(25)9-18)22(33)30-17-6-2-4-15(8-17)24(26,27)28/h2-11,32H,12H2,1H3,(H,30,33). The fourth-order valence-electron chi connectivity index (χ4n) is 3.29. The van der Waals surface area contributed by atoms with Crippen molar-refractivity contribution in [2.75, 3.05) is 5.32 Å². The van der Waals surface area contributed by atoms with Crippen LogP contribution in [0.3, 0.4) is 0 Å². The topological polar surface area (TPSA) is 87.7 Å². The smallest absolute Gasteiger partial charge is 0.416 e. The summed E-state index contributed by atoms with van der Waals surface area (Å²) in [6, 6.07) is 12.3. The van der Waals surface area contributed by atoms with E-state index in [1.807, 2.05) is 0 Å². The van der Waals surface area contributed by atoms with Crippen LogP contribution in [0.5, 0.6) is 0 Å². The summed E-state index contributed by atoms with van der Waals surface area (Å²) in [5, 5.41) is 13.0. The molecule has 1 amide bonds. The molecule has 2 heterocycles. The van der Waals surface area contributed by atoms with Gasteiger partial charge in [0.1, 0.15) is 5.56 Å². The molecule has 2 N–H and O–H groups in total. The molecule has 34 heavy (non-hydrogen) atoms. The highest BCUT2D eigenvalue weighted by atomic mass is 35.5. The van der Waals surface area contributed by atoms with Crippen LogP contribution in [0.25, 0.3) is 11.0 Å². The van der Waals surface area contributed by atoms with Gasteiger partial charge in [0, 0.05) is 27.9 Å². The van der Waals surface area contributed by atoms with Crippen molar-refractivity contribution in [2.24, 2.45) is 4.99 Å². The zero-order valence-electron chi connectivity index (χ0n) is 17.7.